The van der Waals surface area contributed by atoms with Gasteiger partial charge in [-0.3, -0.25) is 14.4 Å². The predicted molar refractivity (Wildman–Crippen MR) is 135 cm³/mol. The van der Waals surface area contributed by atoms with Gasteiger partial charge in [0, 0.05) is 24.0 Å². The zero-order valence-electron chi connectivity index (χ0n) is 20.4. The number of aliphatic hydroxyl groups is 1. The maximum atomic E-state index is 11.6. The number of carboxylic acids is 2. The van der Waals surface area contributed by atoms with Crippen molar-refractivity contribution < 1.29 is 30.0 Å². The van der Waals surface area contributed by atoms with Gasteiger partial charge in [0.05, 0.1) is 11.6 Å². The highest BCUT2D eigenvalue weighted by Gasteiger charge is 2.24. The topological polar surface area (TPSA) is 160 Å². The normalized spacial score (nSPS) is 13.6. The molecule has 1 aliphatic carbocycles. The minimum absolute atomic E-state index is 0.00584. The summed E-state index contributed by atoms with van der Waals surface area (Å²) in [5.74, 6) is -2.62. The van der Waals surface area contributed by atoms with Gasteiger partial charge in [-0.25, -0.2) is 0 Å². The van der Waals surface area contributed by atoms with Crippen LogP contribution in [0.25, 0.3) is 10.9 Å². The van der Waals surface area contributed by atoms with Crippen molar-refractivity contribution in [1.29, 1.82) is 0 Å². The number of benzene rings is 2. The van der Waals surface area contributed by atoms with Crippen LogP contribution in [0.5, 0.6) is 5.75 Å². The summed E-state index contributed by atoms with van der Waals surface area (Å²) >= 11 is 0. The number of pyridine rings is 1. The Morgan fingerprint density at radius 2 is 1.58 bits per heavy atom. The Morgan fingerprint density at radius 3 is 2.08 bits per heavy atom. The molecule has 0 aliphatic heterocycles. The molecule has 0 amide bonds. The third kappa shape index (κ3) is 6.50. The first-order chi connectivity index (χ1) is 17.1. The molecule has 1 aliphatic rings. The lowest BCUT2D eigenvalue weighted by Crippen LogP contribution is -2.33. The monoisotopic (exact) mass is 496 g/mol. The van der Waals surface area contributed by atoms with E-state index in [4.69, 9.17) is 10.2 Å². The quantitative estimate of drug-likeness (QED) is 0.260. The molecule has 2 aromatic carbocycles. The van der Waals surface area contributed by atoms with Crippen LogP contribution in [0.2, 0.25) is 0 Å². The van der Waals surface area contributed by atoms with Gasteiger partial charge in [0.2, 0.25) is 5.56 Å². The fourth-order valence-electron chi connectivity index (χ4n) is 4.64. The molecule has 36 heavy (non-hydrogen) atoms. The van der Waals surface area contributed by atoms with E-state index in [0.29, 0.717) is 29.1 Å². The van der Waals surface area contributed by atoms with Crippen LogP contribution in [-0.2, 0) is 35.3 Å². The van der Waals surface area contributed by atoms with E-state index in [-0.39, 0.29) is 11.3 Å². The molecular formula is C27H32N2O7. The number of hydrogen-bond donors (Lipinski definition) is 6. The summed E-state index contributed by atoms with van der Waals surface area (Å²) < 4.78 is 0. The molecule has 0 unspecified atom stereocenters. The molecular weight excluding hydrogens is 464 g/mol. The van der Waals surface area contributed by atoms with Crippen LogP contribution in [0.15, 0.2) is 41.2 Å². The van der Waals surface area contributed by atoms with Gasteiger partial charge in [0.25, 0.3) is 0 Å². The number of hydrogen-bond acceptors (Lipinski definition) is 6. The number of fused-ring (bicyclic) bond motifs is 2. The van der Waals surface area contributed by atoms with Crippen LogP contribution >= 0.6 is 0 Å². The second-order valence-electron chi connectivity index (χ2n) is 8.88. The van der Waals surface area contributed by atoms with Crippen molar-refractivity contribution in [2.75, 3.05) is 6.54 Å². The number of aliphatic hydroxyl groups excluding tert-OH is 1. The van der Waals surface area contributed by atoms with E-state index >= 15 is 0 Å². The minimum Gasteiger partial charge on any atom is -0.506 e. The molecule has 9 nitrogen and oxygen atoms in total. The zero-order valence-corrected chi connectivity index (χ0v) is 20.4. The van der Waals surface area contributed by atoms with Crippen LogP contribution in [0.3, 0.4) is 0 Å². The number of aliphatic carboxylic acids is 2. The molecule has 0 saturated heterocycles. The number of rotatable bonds is 8. The highest BCUT2D eigenvalue weighted by Crippen LogP contribution is 2.30. The number of H-pyrrole nitrogens is 1. The number of aromatic amines is 1. The van der Waals surface area contributed by atoms with Gasteiger partial charge >= 0.3 is 11.9 Å². The molecule has 192 valence electrons. The standard InChI is InChI=1S/C24H28N2O3.C3H4O4/c1-3-14-9-16-11-18(12-17(16)10-15(14)4-2)25-13-22(28)19-5-7-21(27)24-20(19)6-8-23(29)26-24;4-2(5)1-3(6)7/h5-10,18,22,25,27-28H,3-4,11-13H2,1-2H3,(H,26,29);1H2,(H,4,5)(H,6,7)/t22-;/m0./s1. The Hall–Kier alpha value is -3.69. The van der Waals surface area contributed by atoms with E-state index in [1.165, 1.54) is 34.4 Å². The maximum absolute atomic E-state index is 11.6. The first-order valence-electron chi connectivity index (χ1n) is 12.0. The molecule has 6 N–H and O–H groups in total. The summed E-state index contributed by atoms with van der Waals surface area (Å²) in [7, 11) is 0. The Morgan fingerprint density at radius 1 is 1.00 bits per heavy atom. The third-order valence-corrected chi connectivity index (χ3v) is 6.38. The van der Waals surface area contributed by atoms with E-state index in [2.05, 4.69) is 36.3 Å². The van der Waals surface area contributed by atoms with Crippen LogP contribution < -0.4 is 10.9 Å². The van der Waals surface area contributed by atoms with Crippen LogP contribution in [0.1, 0.15) is 54.2 Å². The molecule has 1 atom stereocenters. The number of aromatic nitrogens is 1. The lowest BCUT2D eigenvalue weighted by Gasteiger charge is -2.18. The largest absolute Gasteiger partial charge is 0.506 e. The van der Waals surface area contributed by atoms with E-state index < -0.39 is 24.5 Å². The SMILES string of the molecule is CCc1cc2c(cc1CC)CC(NC[C@H](O)c1ccc(O)c3[nH]c(=O)ccc13)C2.O=C(O)CC(=O)O. The van der Waals surface area contributed by atoms with Gasteiger partial charge in [-0.05, 0) is 65.6 Å². The summed E-state index contributed by atoms with van der Waals surface area (Å²) in [5, 5.41) is 40.4. The Labute approximate surface area is 208 Å². The summed E-state index contributed by atoms with van der Waals surface area (Å²) in [5.41, 5.74) is 6.49. The van der Waals surface area contributed by atoms with Crippen molar-refractivity contribution >= 4 is 22.8 Å². The highest BCUT2D eigenvalue weighted by atomic mass is 16.4. The number of nitrogens with one attached hydrogen (secondary N) is 2. The first-order valence-corrected chi connectivity index (χ1v) is 12.0. The van der Waals surface area contributed by atoms with Gasteiger partial charge in [-0.2, -0.15) is 0 Å². The van der Waals surface area contributed by atoms with E-state index in [1.807, 2.05) is 0 Å². The van der Waals surface area contributed by atoms with E-state index in [9.17, 15) is 24.6 Å². The molecule has 0 spiro atoms. The molecule has 3 aromatic rings. The van der Waals surface area contributed by atoms with Crippen molar-refractivity contribution in [3.63, 3.8) is 0 Å². The Balaban J connectivity index is 0.000000454. The van der Waals surface area contributed by atoms with Gasteiger partial charge < -0.3 is 30.7 Å². The van der Waals surface area contributed by atoms with E-state index in [1.54, 1.807) is 12.1 Å². The molecule has 0 radical (unpaired) electrons. The molecule has 4 rings (SSSR count). The van der Waals surface area contributed by atoms with Crippen molar-refractivity contribution in [2.45, 2.75) is 58.1 Å². The molecule has 0 saturated carbocycles. The summed E-state index contributed by atoms with van der Waals surface area (Å²) in [6.07, 6.45) is 2.53. The summed E-state index contributed by atoms with van der Waals surface area (Å²) in [4.78, 5) is 33.1. The minimum atomic E-state index is -1.31. The molecule has 1 aromatic heterocycles. The van der Waals surface area contributed by atoms with Gasteiger partial charge in [-0.1, -0.05) is 32.0 Å². The zero-order chi connectivity index (χ0) is 26.4. The first kappa shape index (κ1) is 26.9. The maximum Gasteiger partial charge on any atom is 0.314 e. The van der Waals surface area contributed by atoms with Crippen molar-refractivity contribution in [3.05, 3.63) is 74.6 Å². The highest BCUT2D eigenvalue weighted by molar-refractivity contribution is 5.89. The smallest absolute Gasteiger partial charge is 0.314 e. The molecule has 0 fully saturated rings. The summed E-state index contributed by atoms with van der Waals surface area (Å²) in [6.45, 7) is 4.83. The number of carboxylic acid groups (broad SMARTS) is 2. The van der Waals surface area contributed by atoms with Crippen molar-refractivity contribution in [2.24, 2.45) is 0 Å². The second-order valence-corrected chi connectivity index (χ2v) is 8.88. The Bertz CT molecular complexity index is 1270. The number of aryl methyl sites for hydroxylation is 2. The molecule has 9 heteroatoms. The Kier molecular flexibility index (Phi) is 8.84. The molecule has 0 bridgehead atoms. The number of phenolic OH excluding ortho intramolecular Hbond substituents is 1. The van der Waals surface area contributed by atoms with Crippen LogP contribution in [0.4, 0.5) is 0 Å². The summed E-state index contributed by atoms with van der Waals surface area (Å²) in [6, 6.07) is 11.3. The number of phenols is 1. The van der Waals surface area contributed by atoms with Gasteiger partial charge in [0.15, 0.2) is 0 Å². The average molecular weight is 497 g/mol. The number of carbonyl (C=O) groups is 2. The van der Waals surface area contributed by atoms with Crippen molar-refractivity contribution in [3.8, 4) is 5.75 Å². The predicted octanol–water partition coefficient (Wildman–Crippen LogP) is 2.69. The number of aromatic hydroxyl groups is 1. The van der Waals surface area contributed by atoms with Crippen LogP contribution in [-0.4, -0.2) is 49.9 Å². The fourth-order valence-corrected chi connectivity index (χ4v) is 4.64. The fraction of sp³-hybridized carbons (Fsp3) is 0.370. The van der Waals surface area contributed by atoms with Crippen molar-refractivity contribution in [1.82, 2.24) is 10.3 Å². The lowest BCUT2D eigenvalue weighted by atomic mass is 9.97. The van der Waals surface area contributed by atoms with Gasteiger partial charge in [-0.15, -0.1) is 0 Å². The average Bonchev–Trinajstić information content (AvgIpc) is 3.23. The second kappa shape index (κ2) is 11.8. The lowest BCUT2D eigenvalue weighted by molar-refractivity contribution is -0.147. The van der Waals surface area contributed by atoms with Crippen LogP contribution in [0, 0.1) is 0 Å². The van der Waals surface area contributed by atoms with Gasteiger partial charge in [0.1, 0.15) is 12.2 Å². The third-order valence-electron chi connectivity index (χ3n) is 6.38. The van der Waals surface area contributed by atoms with E-state index in [0.717, 1.165) is 25.7 Å². The molecule has 1 heterocycles.